The summed E-state index contributed by atoms with van der Waals surface area (Å²) in [5, 5.41) is 1.14. The van der Waals surface area contributed by atoms with Gasteiger partial charge in [-0.15, -0.1) is 0 Å². The van der Waals surface area contributed by atoms with Crippen LogP contribution in [0, 0.1) is 5.92 Å². The van der Waals surface area contributed by atoms with Gasteiger partial charge in [0.15, 0.2) is 0 Å². The zero-order valence-corrected chi connectivity index (χ0v) is 17.6. The number of nitrogens with zero attached hydrogens (tertiary/aromatic N) is 2. The third-order valence-electron chi connectivity index (χ3n) is 6.73. The standard InChI is InChI=1S/C25H29N3O2/c1-30-20-7-8-21-22-17-28(25(29)24(22)26-23(21)15-20)14-11-18-9-12-27(13-10-18)16-19-5-3-2-4-6-19/h2-8,15,18,26H,9-14,16-17H2,1H3. The molecule has 0 bridgehead atoms. The van der Waals surface area contributed by atoms with Gasteiger partial charge in [-0.2, -0.15) is 0 Å². The first-order valence-electron chi connectivity index (χ1n) is 11.0. The second-order valence-corrected chi connectivity index (χ2v) is 8.61. The number of amides is 1. The van der Waals surface area contributed by atoms with E-state index >= 15 is 0 Å². The molecule has 0 radical (unpaired) electrons. The van der Waals surface area contributed by atoms with Crippen LogP contribution in [-0.2, 0) is 13.1 Å². The number of rotatable bonds is 6. The van der Waals surface area contributed by atoms with Gasteiger partial charge in [0, 0.05) is 36.7 Å². The van der Waals surface area contributed by atoms with E-state index in [-0.39, 0.29) is 5.91 Å². The topological polar surface area (TPSA) is 48.6 Å². The van der Waals surface area contributed by atoms with Crippen LogP contribution < -0.4 is 4.74 Å². The summed E-state index contributed by atoms with van der Waals surface area (Å²) in [6.07, 6.45) is 3.55. The van der Waals surface area contributed by atoms with Crippen LogP contribution in [-0.4, -0.2) is 47.4 Å². The average Bonchev–Trinajstić information content (AvgIpc) is 3.29. The van der Waals surface area contributed by atoms with Crippen molar-refractivity contribution in [1.82, 2.24) is 14.8 Å². The molecule has 2 aromatic carbocycles. The zero-order valence-electron chi connectivity index (χ0n) is 17.6. The monoisotopic (exact) mass is 403 g/mol. The van der Waals surface area contributed by atoms with E-state index < -0.39 is 0 Å². The van der Waals surface area contributed by atoms with Gasteiger partial charge in [-0.05, 0) is 56.0 Å². The second-order valence-electron chi connectivity index (χ2n) is 8.61. The molecule has 156 valence electrons. The summed E-state index contributed by atoms with van der Waals surface area (Å²) in [4.78, 5) is 20.8. The molecule has 1 amide bonds. The van der Waals surface area contributed by atoms with Gasteiger partial charge in [-0.3, -0.25) is 9.69 Å². The van der Waals surface area contributed by atoms with Gasteiger partial charge in [0.05, 0.1) is 12.6 Å². The lowest BCUT2D eigenvalue weighted by Crippen LogP contribution is -2.35. The van der Waals surface area contributed by atoms with E-state index in [9.17, 15) is 4.79 Å². The fourth-order valence-corrected chi connectivity index (χ4v) is 4.92. The lowest BCUT2D eigenvalue weighted by atomic mass is 9.93. The number of H-pyrrole nitrogens is 1. The fourth-order valence-electron chi connectivity index (χ4n) is 4.92. The number of aromatic amines is 1. The third-order valence-corrected chi connectivity index (χ3v) is 6.73. The van der Waals surface area contributed by atoms with Crippen LogP contribution in [0.4, 0.5) is 0 Å². The maximum absolute atomic E-state index is 12.9. The number of hydrogen-bond acceptors (Lipinski definition) is 3. The molecule has 3 aromatic rings. The Morgan fingerprint density at radius 3 is 2.67 bits per heavy atom. The number of carbonyl (C=O) groups is 1. The molecule has 0 spiro atoms. The summed E-state index contributed by atoms with van der Waals surface area (Å²) >= 11 is 0. The number of benzene rings is 2. The smallest absolute Gasteiger partial charge is 0.270 e. The van der Waals surface area contributed by atoms with Crippen molar-refractivity contribution in [2.24, 2.45) is 5.92 Å². The number of ether oxygens (including phenoxy) is 1. The lowest BCUT2D eigenvalue weighted by Gasteiger charge is -2.32. The molecule has 1 saturated heterocycles. The third kappa shape index (κ3) is 3.70. The maximum atomic E-state index is 12.9. The van der Waals surface area contributed by atoms with Crippen LogP contribution in [0.3, 0.4) is 0 Å². The molecule has 0 unspecified atom stereocenters. The van der Waals surface area contributed by atoms with Crippen LogP contribution in [0.2, 0.25) is 0 Å². The predicted octanol–water partition coefficient (Wildman–Crippen LogP) is 4.43. The van der Waals surface area contributed by atoms with E-state index in [0.29, 0.717) is 12.5 Å². The van der Waals surface area contributed by atoms with Crippen LogP contribution in [0.15, 0.2) is 48.5 Å². The van der Waals surface area contributed by atoms with Gasteiger partial charge in [0.2, 0.25) is 0 Å². The number of methoxy groups -OCH3 is 1. The van der Waals surface area contributed by atoms with E-state index in [1.54, 1.807) is 7.11 Å². The predicted molar refractivity (Wildman–Crippen MR) is 119 cm³/mol. The summed E-state index contributed by atoms with van der Waals surface area (Å²) < 4.78 is 5.30. The van der Waals surface area contributed by atoms with E-state index in [0.717, 1.165) is 60.5 Å². The Balaban J connectivity index is 1.14. The molecule has 0 saturated carbocycles. The summed E-state index contributed by atoms with van der Waals surface area (Å²) in [5.41, 5.74) is 4.27. The molecule has 30 heavy (non-hydrogen) atoms. The molecular formula is C25H29N3O2. The van der Waals surface area contributed by atoms with E-state index in [1.165, 1.54) is 18.4 Å². The highest BCUT2D eigenvalue weighted by Gasteiger charge is 2.31. The van der Waals surface area contributed by atoms with Crippen molar-refractivity contribution in [3.63, 3.8) is 0 Å². The highest BCUT2D eigenvalue weighted by molar-refractivity contribution is 6.04. The van der Waals surface area contributed by atoms with Gasteiger partial charge < -0.3 is 14.6 Å². The van der Waals surface area contributed by atoms with Crippen LogP contribution >= 0.6 is 0 Å². The molecule has 5 nitrogen and oxygen atoms in total. The van der Waals surface area contributed by atoms with E-state index in [4.69, 9.17) is 4.74 Å². The Hall–Kier alpha value is -2.79. The Morgan fingerprint density at radius 1 is 1.10 bits per heavy atom. The number of hydrogen-bond donors (Lipinski definition) is 1. The quantitative estimate of drug-likeness (QED) is 0.662. The average molecular weight is 404 g/mol. The first-order valence-corrected chi connectivity index (χ1v) is 11.0. The minimum absolute atomic E-state index is 0.140. The summed E-state index contributed by atoms with van der Waals surface area (Å²) in [6.45, 7) is 4.92. The molecular weight excluding hydrogens is 374 g/mol. The number of carbonyl (C=O) groups excluding carboxylic acids is 1. The van der Waals surface area contributed by atoms with Crippen LogP contribution in [0.25, 0.3) is 10.9 Å². The van der Waals surface area contributed by atoms with Gasteiger partial charge in [-0.25, -0.2) is 0 Å². The first kappa shape index (κ1) is 19.2. The maximum Gasteiger partial charge on any atom is 0.270 e. The molecule has 3 heterocycles. The van der Waals surface area contributed by atoms with Gasteiger partial charge in [0.25, 0.3) is 5.91 Å². The van der Waals surface area contributed by atoms with Crippen LogP contribution in [0.5, 0.6) is 5.75 Å². The molecule has 1 fully saturated rings. The number of piperidine rings is 1. The normalized spacial score (nSPS) is 17.6. The second kappa shape index (κ2) is 8.15. The molecule has 0 aliphatic carbocycles. The van der Waals surface area contributed by atoms with Gasteiger partial charge in [0.1, 0.15) is 11.4 Å². The van der Waals surface area contributed by atoms with Crippen molar-refractivity contribution < 1.29 is 9.53 Å². The molecule has 1 N–H and O–H groups in total. The largest absolute Gasteiger partial charge is 0.497 e. The first-order chi connectivity index (χ1) is 14.7. The molecule has 5 rings (SSSR count). The Kier molecular flexibility index (Phi) is 5.21. The number of nitrogens with one attached hydrogen (secondary N) is 1. The number of aromatic nitrogens is 1. The van der Waals surface area contributed by atoms with Gasteiger partial charge >= 0.3 is 0 Å². The van der Waals surface area contributed by atoms with Gasteiger partial charge in [-0.1, -0.05) is 30.3 Å². The summed E-state index contributed by atoms with van der Waals surface area (Å²) in [5.74, 6) is 1.66. The number of fused-ring (bicyclic) bond motifs is 3. The van der Waals surface area contributed by atoms with E-state index in [1.807, 2.05) is 17.0 Å². The molecule has 0 atom stereocenters. The fraction of sp³-hybridized carbons (Fsp3) is 0.400. The van der Waals surface area contributed by atoms with Crippen molar-refractivity contribution >= 4 is 16.8 Å². The zero-order chi connectivity index (χ0) is 20.5. The van der Waals surface area contributed by atoms with Crippen molar-refractivity contribution in [2.45, 2.75) is 32.4 Å². The summed E-state index contributed by atoms with van der Waals surface area (Å²) in [7, 11) is 1.66. The minimum Gasteiger partial charge on any atom is -0.497 e. The van der Waals surface area contributed by atoms with Crippen molar-refractivity contribution in [2.75, 3.05) is 26.7 Å². The van der Waals surface area contributed by atoms with Crippen molar-refractivity contribution in [3.8, 4) is 5.75 Å². The van der Waals surface area contributed by atoms with Crippen LogP contribution in [0.1, 0.15) is 40.9 Å². The van der Waals surface area contributed by atoms with Crippen molar-refractivity contribution in [3.05, 3.63) is 65.4 Å². The lowest BCUT2D eigenvalue weighted by molar-refractivity contribution is 0.0753. The summed E-state index contributed by atoms with van der Waals surface area (Å²) in [6, 6.07) is 16.7. The van der Waals surface area contributed by atoms with Crippen molar-refractivity contribution in [1.29, 1.82) is 0 Å². The SMILES string of the molecule is COc1ccc2c3c([nH]c2c1)C(=O)N(CCC1CCN(Cc2ccccc2)CC1)C3. The Morgan fingerprint density at radius 2 is 1.90 bits per heavy atom. The van der Waals surface area contributed by atoms with E-state index in [2.05, 4.69) is 46.3 Å². The molecule has 5 heteroatoms. The number of likely N-dealkylation sites (tertiary alicyclic amines) is 1. The molecule has 2 aliphatic rings. The highest BCUT2D eigenvalue weighted by Crippen LogP contribution is 2.33. The molecule has 2 aliphatic heterocycles. The minimum atomic E-state index is 0.140. The Labute approximate surface area is 177 Å². The highest BCUT2D eigenvalue weighted by atomic mass is 16.5. The molecule has 1 aromatic heterocycles. The Bertz CT molecular complexity index is 1040.